The van der Waals surface area contributed by atoms with E-state index in [1.54, 1.807) is 19.9 Å². The summed E-state index contributed by atoms with van der Waals surface area (Å²) in [4.78, 5) is 4.25. The molecule has 0 fully saturated rings. The molecule has 0 saturated carbocycles. The fourth-order valence-corrected chi connectivity index (χ4v) is 2.12. The van der Waals surface area contributed by atoms with E-state index in [-0.39, 0.29) is 4.96 Å². The summed E-state index contributed by atoms with van der Waals surface area (Å²) >= 11 is 0.548. The van der Waals surface area contributed by atoms with Gasteiger partial charge in [0.1, 0.15) is 5.69 Å². The van der Waals surface area contributed by atoms with Gasteiger partial charge in [0, 0.05) is 19.9 Å². The van der Waals surface area contributed by atoms with Gasteiger partial charge in [-0.3, -0.25) is 0 Å². The number of hydrogen-bond acceptors (Lipinski definition) is 3. The van der Waals surface area contributed by atoms with Gasteiger partial charge in [0.25, 0.3) is 0 Å². The molecule has 80 valence electrons. The fourth-order valence-electron chi connectivity index (χ4n) is 1.24. The van der Waals surface area contributed by atoms with E-state index >= 15 is 0 Å². The standard InChI is InChI=1S/C8H7F3N3S/c1-4-3-5(2)14-7(12-4)15-6(13-14)8(9,10)11/h3H,1-2H3/q+1. The van der Waals surface area contributed by atoms with Crippen molar-refractivity contribution in [3.05, 3.63) is 22.5 Å². The van der Waals surface area contributed by atoms with Crippen LogP contribution in [-0.2, 0) is 6.18 Å². The Labute approximate surface area is 87.2 Å². The summed E-state index contributed by atoms with van der Waals surface area (Å²) in [7, 11) is 0. The number of alkyl halides is 3. The van der Waals surface area contributed by atoms with Crippen LogP contribution in [0.4, 0.5) is 13.2 Å². The number of halogens is 3. The van der Waals surface area contributed by atoms with Crippen LogP contribution in [0.3, 0.4) is 0 Å². The second kappa shape index (κ2) is 3.13. The van der Waals surface area contributed by atoms with Crippen molar-refractivity contribution in [3.8, 4) is 0 Å². The van der Waals surface area contributed by atoms with Crippen LogP contribution >= 0.6 is 11.3 Å². The average molecular weight is 234 g/mol. The molecule has 7 heteroatoms. The Morgan fingerprint density at radius 1 is 1.33 bits per heavy atom. The van der Waals surface area contributed by atoms with E-state index < -0.39 is 11.2 Å². The normalized spacial score (nSPS) is 12.3. The fraction of sp³-hybridized carbons (Fsp3) is 0.375. The monoisotopic (exact) mass is 234 g/mol. The maximum Gasteiger partial charge on any atom is 0.447 e. The Bertz CT molecular complexity index is 518. The first-order chi connectivity index (χ1) is 6.88. The summed E-state index contributed by atoms with van der Waals surface area (Å²) in [5.74, 6) is 0. The van der Waals surface area contributed by atoms with Crippen molar-refractivity contribution in [1.82, 2.24) is 10.1 Å². The highest BCUT2D eigenvalue weighted by Crippen LogP contribution is 2.30. The lowest BCUT2D eigenvalue weighted by Crippen LogP contribution is -2.29. The van der Waals surface area contributed by atoms with Crippen LogP contribution in [-0.4, -0.2) is 10.1 Å². The second-order valence-electron chi connectivity index (χ2n) is 3.14. The minimum absolute atomic E-state index is 0.264. The molecular weight excluding hydrogens is 227 g/mol. The van der Waals surface area contributed by atoms with Gasteiger partial charge in [0.15, 0.2) is 5.69 Å². The number of hydrogen-bond donors (Lipinski definition) is 0. The summed E-state index contributed by atoms with van der Waals surface area (Å²) in [5, 5.41) is 2.60. The van der Waals surface area contributed by atoms with E-state index in [9.17, 15) is 13.2 Å². The summed E-state index contributed by atoms with van der Waals surface area (Å²) in [5.41, 5.74) is 1.33. The maximum absolute atomic E-state index is 12.4. The Morgan fingerprint density at radius 3 is 2.60 bits per heavy atom. The number of nitrogens with zero attached hydrogens (tertiary/aromatic N) is 3. The van der Waals surface area contributed by atoms with E-state index in [1.165, 1.54) is 4.52 Å². The van der Waals surface area contributed by atoms with Crippen LogP contribution in [0.1, 0.15) is 16.4 Å². The van der Waals surface area contributed by atoms with E-state index in [4.69, 9.17) is 0 Å². The van der Waals surface area contributed by atoms with Gasteiger partial charge in [0.2, 0.25) is 5.01 Å². The molecule has 0 amide bonds. The van der Waals surface area contributed by atoms with Gasteiger partial charge in [-0.25, -0.2) is 0 Å². The van der Waals surface area contributed by atoms with Crippen molar-refractivity contribution in [2.45, 2.75) is 20.0 Å². The van der Waals surface area contributed by atoms with Gasteiger partial charge in [-0.15, -0.1) is 0 Å². The summed E-state index contributed by atoms with van der Waals surface area (Å²) in [6, 6.07) is 1.69. The minimum atomic E-state index is -4.40. The van der Waals surface area contributed by atoms with E-state index in [1.807, 2.05) is 0 Å². The molecule has 3 nitrogen and oxygen atoms in total. The zero-order chi connectivity index (χ0) is 11.2. The molecule has 0 atom stereocenters. The summed E-state index contributed by atoms with van der Waals surface area (Å²) in [6.45, 7) is 3.43. The first-order valence-electron chi connectivity index (χ1n) is 4.12. The molecule has 0 radical (unpaired) electrons. The number of fused-ring (bicyclic) bond motifs is 1. The van der Waals surface area contributed by atoms with Gasteiger partial charge >= 0.3 is 11.1 Å². The Kier molecular flexibility index (Phi) is 2.14. The Morgan fingerprint density at radius 2 is 2.00 bits per heavy atom. The van der Waals surface area contributed by atoms with Gasteiger partial charge in [-0.2, -0.15) is 13.2 Å². The summed E-state index contributed by atoms with van der Waals surface area (Å²) < 4.78 is 38.3. The molecule has 0 spiro atoms. The Hall–Kier alpha value is -1.24. The topological polar surface area (TPSA) is 29.9 Å². The van der Waals surface area contributed by atoms with Crippen LogP contribution in [0.25, 0.3) is 4.96 Å². The first kappa shape index (κ1) is 10.3. The van der Waals surface area contributed by atoms with E-state index in [0.29, 0.717) is 22.7 Å². The SMILES string of the molecule is Cc1cc(C)[n+]2nc(C(F)(F)F)sc2n1. The predicted molar refractivity (Wildman–Crippen MR) is 47.5 cm³/mol. The smallest absolute Gasteiger partial charge is 0.164 e. The van der Waals surface area contributed by atoms with Gasteiger partial charge in [-0.05, 0) is 16.3 Å². The summed E-state index contributed by atoms with van der Waals surface area (Å²) in [6.07, 6.45) is -4.40. The molecule has 2 heterocycles. The lowest BCUT2D eigenvalue weighted by atomic mass is 10.4. The van der Waals surface area contributed by atoms with Crippen molar-refractivity contribution in [2.75, 3.05) is 0 Å². The van der Waals surface area contributed by atoms with Crippen molar-refractivity contribution in [3.63, 3.8) is 0 Å². The van der Waals surface area contributed by atoms with Gasteiger partial charge in [-0.1, -0.05) is 9.61 Å². The second-order valence-corrected chi connectivity index (χ2v) is 4.09. The molecule has 2 aromatic rings. The lowest BCUT2D eigenvalue weighted by Gasteiger charge is -1.95. The zero-order valence-electron chi connectivity index (χ0n) is 7.96. The quantitative estimate of drug-likeness (QED) is 0.652. The average Bonchev–Trinajstić information content (AvgIpc) is 2.46. The molecule has 2 rings (SSSR count). The molecule has 0 aliphatic rings. The molecule has 0 unspecified atom stereocenters. The molecular formula is C8H7F3N3S+. The predicted octanol–water partition coefficient (Wildman–Crippen LogP) is 1.91. The highest BCUT2D eigenvalue weighted by atomic mass is 32.1. The molecule has 0 aromatic carbocycles. The van der Waals surface area contributed by atoms with E-state index in [0.717, 1.165) is 0 Å². The van der Waals surface area contributed by atoms with Crippen molar-refractivity contribution < 1.29 is 17.7 Å². The molecule has 0 aliphatic heterocycles. The number of rotatable bonds is 0. The van der Waals surface area contributed by atoms with Crippen LogP contribution < -0.4 is 4.52 Å². The highest BCUT2D eigenvalue weighted by Gasteiger charge is 2.38. The van der Waals surface area contributed by atoms with E-state index in [2.05, 4.69) is 10.1 Å². The molecule has 2 aromatic heterocycles. The third-order valence-corrected chi connectivity index (χ3v) is 2.78. The number of aryl methyl sites for hydroxylation is 2. The largest absolute Gasteiger partial charge is 0.447 e. The Balaban J connectivity index is 2.71. The maximum atomic E-state index is 12.4. The molecule has 0 bridgehead atoms. The van der Waals surface area contributed by atoms with Crippen LogP contribution in [0.15, 0.2) is 6.07 Å². The molecule has 0 saturated heterocycles. The van der Waals surface area contributed by atoms with Crippen molar-refractivity contribution in [1.29, 1.82) is 0 Å². The lowest BCUT2D eigenvalue weighted by molar-refractivity contribution is -0.587. The van der Waals surface area contributed by atoms with Crippen LogP contribution in [0, 0.1) is 13.8 Å². The molecule has 15 heavy (non-hydrogen) atoms. The van der Waals surface area contributed by atoms with Gasteiger partial charge in [0.05, 0.1) is 0 Å². The minimum Gasteiger partial charge on any atom is -0.164 e. The van der Waals surface area contributed by atoms with Crippen LogP contribution in [0.2, 0.25) is 0 Å². The number of aromatic nitrogens is 3. The zero-order valence-corrected chi connectivity index (χ0v) is 8.78. The van der Waals surface area contributed by atoms with Crippen LogP contribution in [0.5, 0.6) is 0 Å². The molecule has 0 aliphatic carbocycles. The van der Waals surface area contributed by atoms with Gasteiger partial charge < -0.3 is 0 Å². The van der Waals surface area contributed by atoms with Crippen molar-refractivity contribution >= 4 is 16.3 Å². The first-order valence-corrected chi connectivity index (χ1v) is 4.94. The highest BCUT2D eigenvalue weighted by molar-refractivity contribution is 7.16. The third kappa shape index (κ3) is 1.79. The third-order valence-electron chi connectivity index (χ3n) is 1.83. The van der Waals surface area contributed by atoms with Crippen molar-refractivity contribution in [2.24, 2.45) is 0 Å². The molecule has 0 N–H and O–H groups in total.